The largest absolute Gasteiger partial charge is 0.353 e. The Morgan fingerprint density at radius 2 is 2.05 bits per heavy atom. The Morgan fingerprint density at radius 1 is 1.30 bits per heavy atom. The fourth-order valence-corrected chi connectivity index (χ4v) is 2.20. The standard InChI is InChI=1S/C15H19ClN4/c1-3-20(11-12-4-6-18-7-5-12)15-8-13(9-17-2)14(16)10-19-15/h4-8,10,17H,3,9,11H2,1-2H3. The van der Waals surface area contributed by atoms with Crippen molar-refractivity contribution < 1.29 is 0 Å². The van der Waals surface area contributed by atoms with Crippen molar-refractivity contribution in [3.63, 3.8) is 0 Å². The Morgan fingerprint density at radius 3 is 2.70 bits per heavy atom. The lowest BCUT2D eigenvalue weighted by Gasteiger charge is -2.22. The van der Waals surface area contributed by atoms with E-state index in [0.29, 0.717) is 5.02 Å². The maximum atomic E-state index is 6.15. The lowest BCUT2D eigenvalue weighted by molar-refractivity contribution is 0.794. The van der Waals surface area contributed by atoms with Gasteiger partial charge in [-0.1, -0.05) is 11.6 Å². The highest BCUT2D eigenvalue weighted by Crippen LogP contribution is 2.21. The molecular formula is C15H19ClN4. The Hall–Kier alpha value is -1.65. The molecule has 106 valence electrons. The first-order valence-electron chi connectivity index (χ1n) is 6.67. The molecule has 2 aromatic rings. The second kappa shape index (κ2) is 7.22. The molecule has 1 N–H and O–H groups in total. The van der Waals surface area contributed by atoms with Crippen LogP contribution in [0.1, 0.15) is 18.1 Å². The van der Waals surface area contributed by atoms with E-state index in [1.165, 1.54) is 5.56 Å². The molecule has 0 spiro atoms. The van der Waals surface area contributed by atoms with Crippen LogP contribution in [0.25, 0.3) is 0 Å². The minimum absolute atomic E-state index is 0.697. The number of nitrogens with zero attached hydrogens (tertiary/aromatic N) is 3. The minimum Gasteiger partial charge on any atom is -0.353 e. The van der Waals surface area contributed by atoms with Crippen LogP contribution in [0.2, 0.25) is 5.02 Å². The number of aromatic nitrogens is 2. The Kier molecular flexibility index (Phi) is 5.32. The van der Waals surface area contributed by atoms with Gasteiger partial charge < -0.3 is 10.2 Å². The van der Waals surface area contributed by atoms with Crippen LogP contribution in [0.3, 0.4) is 0 Å². The maximum Gasteiger partial charge on any atom is 0.129 e. The van der Waals surface area contributed by atoms with Crippen molar-refractivity contribution in [2.45, 2.75) is 20.0 Å². The SMILES string of the molecule is CCN(Cc1ccncc1)c1cc(CNC)c(Cl)cn1. The summed E-state index contributed by atoms with van der Waals surface area (Å²) >= 11 is 6.15. The van der Waals surface area contributed by atoms with E-state index in [0.717, 1.165) is 31.0 Å². The van der Waals surface area contributed by atoms with E-state index in [4.69, 9.17) is 11.6 Å². The summed E-state index contributed by atoms with van der Waals surface area (Å²) in [5.41, 5.74) is 2.28. The summed E-state index contributed by atoms with van der Waals surface area (Å²) in [5.74, 6) is 0.943. The average molecular weight is 291 g/mol. The molecule has 0 fully saturated rings. The summed E-state index contributed by atoms with van der Waals surface area (Å²) in [7, 11) is 1.91. The number of hydrogen-bond acceptors (Lipinski definition) is 4. The number of anilines is 1. The van der Waals surface area contributed by atoms with Gasteiger partial charge in [0, 0.05) is 38.2 Å². The zero-order valence-electron chi connectivity index (χ0n) is 11.8. The van der Waals surface area contributed by atoms with Gasteiger partial charge in [-0.25, -0.2) is 4.98 Å². The fraction of sp³-hybridized carbons (Fsp3) is 0.333. The van der Waals surface area contributed by atoms with Gasteiger partial charge in [0.1, 0.15) is 5.82 Å². The van der Waals surface area contributed by atoms with Gasteiger partial charge in [0.15, 0.2) is 0 Å². The van der Waals surface area contributed by atoms with Gasteiger partial charge in [-0.05, 0) is 43.3 Å². The summed E-state index contributed by atoms with van der Waals surface area (Å²) in [5, 5.41) is 3.82. The van der Waals surface area contributed by atoms with Gasteiger partial charge >= 0.3 is 0 Å². The molecule has 5 heteroatoms. The van der Waals surface area contributed by atoms with Crippen LogP contribution in [0.15, 0.2) is 36.8 Å². The molecule has 0 aliphatic rings. The molecule has 2 heterocycles. The minimum atomic E-state index is 0.697. The summed E-state index contributed by atoms with van der Waals surface area (Å²) in [4.78, 5) is 10.7. The lowest BCUT2D eigenvalue weighted by atomic mass is 10.2. The first-order valence-corrected chi connectivity index (χ1v) is 7.05. The molecule has 0 bridgehead atoms. The Labute approximate surface area is 124 Å². The molecule has 0 aliphatic heterocycles. The Bertz CT molecular complexity index is 545. The van der Waals surface area contributed by atoms with Crippen molar-refractivity contribution in [1.29, 1.82) is 0 Å². The van der Waals surface area contributed by atoms with Crippen LogP contribution in [0.4, 0.5) is 5.82 Å². The van der Waals surface area contributed by atoms with E-state index in [2.05, 4.69) is 27.1 Å². The van der Waals surface area contributed by atoms with Crippen molar-refractivity contribution >= 4 is 17.4 Å². The second-order valence-electron chi connectivity index (χ2n) is 4.53. The number of pyridine rings is 2. The smallest absolute Gasteiger partial charge is 0.129 e. The van der Waals surface area contributed by atoms with Crippen LogP contribution in [0.5, 0.6) is 0 Å². The van der Waals surface area contributed by atoms with E-state index in [9.17, 15) is 0 Å². The van der Waals surface area contributed by atoms with Crippen molar-refractivity contribution in [2.75, 3.05) is 18.5 Å². The summed E-state index contributed by atoms with van der Waals surface area (Å²) < 4.78 is 0. The third-order valence-corrected chi connectivity index (χ3v) is 3.46. The van der Waals surface area contributed by atoms with Crippen molar-refractivity contribution in [3.8, 4) is 0 Å². The quantitative estimate of drug-likeness (QED) is 0.888. The predicted molar refractivity (Wildman–Crippen MR) is 83.0 cm³/mol. The molecular weight excluding hydrogens is 272 g/mol. The molecule has 2 rings (SSSR count). The van der Waals surface area contributed by atoms with Crippen molar-refractivity contribution in [3.05, 3.63) is 52.9 Å². The first kappa shape index (κ1) is 14.8. The van der Waals surface area contributed by atoms with Gasteiger partial charge in [0.05, 0.1) is 5.02 Å². The zero-order valence-corrected chi connectivity index (χ0v) is 12.6. The molecule has 0 atom stereocenters. The van der Waals surface area contributed by atoms with E-state index in [-0.39, 0.29) is 0 Å². The normalized spacial score (nSPS) is 10.6. The number of rotatable bonds is 6. The molecule has 2 aromatic heterocycles. The summed E-state index contributed by atoms with van der Waals surface area (Å²) in [6.07, 6.45) is 5.34. The predicted octanol–water partition coefficient (Wildman–Crippen LogP) is 2.88. The molecule has 0 saturated heterocycles. The molecule has 0 aliphatic carbocycles. The monoisotopic (exact) mass is 290 g/mol. The highest BCUT2D eigenvalue weighted by molar-refractivity contribution is 6.31. The van der Waals surface area contributed by atoms with E-state index in [1.54, 1.807) is 6.20 Å². The van der Waals surface area contributed by atoms with E-state index < -0.39 is 0 Å². The van der Waals surface area contributed by atoms with Crippen LogP contribution in [-0.2, 0) is 13.1 Å². The van der Waals surface area contributed by atoms with Crippen LogP contribution < -0.4 is 10.2 Å². The lowest BCUT2D eigenvalue weighted by Crippen LogP contribution is -2.23. The molecule has 20 heavy (non-hydrogen) atoms. The van der Waals surface area contributed by atoms with Crippen molar-refractivity contribution in [2.24, 2.45) is 0 Å². The Balaban J connectivity index is 2.21. The zero-order chi connectivity index (χ0) is 14.4. The van der Waals surface area contributed by atoms with E-state index >= 15 is 0 Å². The number of nitrogens with one attached hydrogen (secondary N) is 1. The highest BCUT2D eigenvalue weighted by atomic mass is 35.5. The number of hydrogen-bond donors (Lipinski definition) is 1. The highest BCUT2D eigenvalue weighted by Gasteiger charge is 2.09. The fourth-order valence-electron chi connectivity index (χ4n) is 2.03. The third kappa shape index (κ3) is 3.68. The van der Waals surface area contributed by atoms with Gasteiger partial charge in [-0.2, -0.15) is 0 Å². The van der Waals surface area contributed by atoms with Gasteiger partial charge in [-0.15, -0.1) is 0 Å². The second-order valence-corrected chi connectivity index (χ2v) is 4.94. The third-order valence-electron chi connectivity index (χ3n) is 3.12. The van der Waals surface area contributed by atoms with Gasteiger partial charge in [0.2, 0.25) is 0 Å². The molecule has 0 radical (unpaired) electrons. The maximum absolute atomic E-state index is 6.15. The van der Waals surface area contributed by atoms with E-state index in [1.807, 2.05) is 37.6 Å². The molecule has 0 amide bonds. The molecule has 0 aromatic carbocycles. The molecule has 0 unspecified atom stereocenters. The topological polar surface area (TPSA) is 41.1 Å². The van der Waals surface area contributed by atoms with Crippen LogP contribution in [-0.4, -0.2) is 23.6 Å². The van der Waals surface area contributed by atoms with Gasteiger partial charge in [-0.3, -0.25) is 4.98 Å². The van der Waals surface area contributed by atoms with Crippen LogP contribution in [0, 0.1) is 0 Å². The summed E-state index contributed by atoms with van der Waals surface area (Å²) in [6.45, 7) is 4.55. The summed E-state index contributed by atoms with van der Waals surface area (Å²) in [6, 6.07) is 6.09. The first-order chi connectivity index (χ1) is 9.74. The average Bonchev–Trinajstić information content (AvgIpc) is 2.48. The van der Waals surface area contributed by atoms with Crippen molar-refractivity contribution in [1.82, 2.24) is 15.3 Å². The molecule has 4 nitrogen and oxygen atoms in total. The van der Waals surface area contributed by atoms with Crippen LogP contribution >= 0.6 is 11.6 Å². The number of halogens is 1. The van der Waals surface area contributed by atoms with Gasteiger partial charge in [0.25, 0.3) is 0 Å². The molecule has 0 saturated carbocycles.